The van der Waals surface area contributed by atoms with E-state index in [4.69, 9.17) is 14.2 Å². The van der Waals surface area contributed by atoms with Crippen LogP contribution < -0.4 is 14.3 Å². The first-order valence-electron chi connectivity index (χ1n) is 10.6. The zero-order valence-corrected chi connectivity index (χ0v) is 20.6. The summed E-state index contributed by atoms with van der Waals surface area (Å²) in [5, 5.41) is 0. The van der Waals surface area contributed by atoms with E-state index in [1.165, 1.54) is 11.3 Å². The van der Waals surface area contributed by atoms with E-state index in [2.05, 4.69) is 4.99 Å². The van der Waals surface area contributed by atoms with Crippen LogP contribution in [0, 0.1) is 0 Å². The fourth-order valence-electron chi connectivity index (χ4n) is 3.37. The molecule has 0 aliphatic carbocycles. The summed E-state index contributed by atoms with van der Waals surface area (Å²) in [7, 11) is -0.268. The largest absolute Gasteiger partial charge is 0.495 e. The van der Waals surface area contributed by atoms with Crippen molar-refractivity contribution in [1.29, 1.82) is 0 Å². The SMILES string of the molecule is CCOCCn1c(=NC(=O)CCCS(=O)(=O)c2ccccc2)sc2c(OC)ccc(OC)c21. The van der Waals surface area contributed by atoms with Gasteiger partial charge in [-0.1, -0.05) is 29.5 Å². The number of benzene rings is 2. The van der Waals surface area contributed by atoms with Crippen molar-refractivity contribution in [3.63, 3.8) is 0 Å². The Morgan fingerprint density at radius 2 is 1.76 bits per heavy atom. The first kappa shape index (κ1) is 24.9. The maximum absolute atomic E-state index is 12.6. The molecule has 0 N–H and O–H groups in total. The fourth-order valence-corrected chi connectivity index (χ4v) is 5.88. The summed E-state index contributed by atoms with van der Waals surface area (Å²) in [5.41, 5.74) is 0.778. The number of thiazole rings is 1. The molecule has 0 atom stereocenters. The van der Waals surface area contributed by atoms with Gasteiger partial charge in [-0.05, 0) is 37.6 Å². The van der Waals surface area contributed by atoms with Crippen LogP contribution in [0.25, 0.3) is 10.2 Å². The standard InChI is InChI=1S/C23H28N2O6S2/c1-4-31-15-14-25-21-18(29-2)12-13-19(30-3)22(21)32-23(25)24-20(26)11-8-16-33(27,28)17-9-6-5-7-10-17/h5-7,9-10,12-13H,4,8,11,14-16H2,1-3H3. The molecule has 0 spiro atoms. The molecule has 0 bridgehead atoms. The number of carbonyl (C=O) groups is 1. The number of ether oxygens (including phenoxy) is 3. The second kappa shape index (κ2) is 11.4. The van der Waals surface area contributed by atoms with Crippen molar-refractivity contribution < 1.29 is 27.4 Å². The number of nitrogens with zero attached hydrogens (tertiary/aromatic N) is 2. The monoisotopic (exact) mass is 492 g/mol. The van der Waals surface area contributed by atoms with Gasteiger partial charge in [-0.2, -0.15) is 4.99 Å². The van der Waals surface area contributed by atoms with Crippen molar-refractivity contribution in [2.45, 2.75) is 31.2 Å². The van der Waals surface area contributed by atoms with E-state index in [0.717, 1.165) is 10.2 Å². The van der Waals surface area contributed by atoms with Gasteiger partial charge in [0.1, 0.15) is 21.7 Å². The van der Waals surface area contributed by atoms with Crippen LogP contribution in [-0.2, 0) is 25.9 Å². The minimum Gasteiger partial charge on any atom is -0.495 e. The van der Waals surface area contributed by atoms with Crippen molar-refractivity contribution in [3.8, 4) is 11.5 Å². The van der Waals surface area contributed by atoms with Gasteiger partial charge in [0.25, 0.3) is 0 Å². The van der Waals surface area contributed by atoms with E-state index in [-0.39, 0.29) is 29.4 Å². The molecule has 0 saturated carbocycles. The van der Waals surface area contributed by atoms with Crippen molar-refractivity contribution in [1.82, 2.24) is 4.57 Å². The Bertz CT molecular complexity index is 1260. The molecule has 0 fully saturated rings. The van der Waals surface area contributed by atoms with Gasteiger partial charge in [-0.15, -0.1) is 0 Å². The van der Waals surface area contributed by atoms with Crippen LogP contribution in [0.15, 0.2) is 52.4 Å². The van der Waals surface area contributed by atoms with Gasteiger partial charge in [0.2, 0.25) is 5.91 Å². The molecule has 1 amide bonds. The second-order valence-corrected chi connectivity index (χ2v) is 10.2. The van der Waals surface area contributed by atoms with Gasteiger partial charge in [-0.25, -0.2) is 8.42 Å². The summed E-state index contributed by atoms with van der Waals surface area (Å²) in [5.74, 6) is 0.801. The Kier molecular flexibility index (Phi) is 8.65. The summed E-state index contributed by atoms with van der Waals surface area (Å²) in [6, 6.07) is 11.9. The quantitative estimate of drug-likeness (QED) is 0.381. The van der Waals surface area contributed by atoms with Crippen LogP contribution >= 0.6 is 11.3 Å². The highest BCUT2D eigenvalue weighted by Gasteiger charge is 2.17. The summed E-state index contributed by atoms with van der Waals surface area (Å²) in [6.45, 7) is 3.41. The molecule has 0 unspecified atom stereocenters. The molecule has 10 heteroatoms. The normalized spacial score (nSPS) is 12.3. The second-order valence-electron chi connectivity index (χ2n) is 7.12. The molecule has 1 aromatic heterocycles. The number of fused-ring (bicyclic) bond motifs is 1. The Labute approximate surface area is 197 Å². The van der Waals surface area contributed by atoms with Gasteiger partial charge < -0.3 is 18.8 Å². The number of rotatable bonds is 11. The van der Waals surface area contributed by atoms with E-state index in [9.17, 15) is 13.2 Å². The lowest BCUT2D eigenvalue weighted by atomic mass is 10.3. The molecule has 0 radical (unpaired) electrons. The number of amides is 1. The number of hydrogen-bond donors (Lipinski definition) is 0. The Hall–Kier alpha value is -2.69. The fraction of sp³-hybridized carbons (Fsp3) is 0.391. The van der Waals surface area contributed by atoms with Crippen LogP contribution in [0.5, 0.6) is 11.5 Å². The van der Waals surface area contributed by atoms with Crippen molar-refractivity contribution in [2.75, 3.05) is 33.2 Å². The van der Waals surface area contributed by atoms with E-state index in [0.29, 0.717) is 36.1 Å². The molecule has 0 aliphatic rings. The summed E-state index contributed by atoms with van der Waals surface area (Å²) < 4.78 is 44.1. The van der Waals surface area contributed by atoms with Gasteiger partial charge in [0.05, 0.1) is 31.5 Å². The molecule has 0 aliphatic heterocycles. The van der Waals surface area contributed by atoms with Crippen molar-refractivity contribution in [3.05, 3.63) is 47.3 Å². The Morgan fingerprint density at radius 3 is 2.42 bits per heavy atom. The van der Waals surface area contributed by atoms with E-state index in [1.807, 2.05) is 23.6 Å². The zero-order valence-electron chi connectivity index (χ0n) is 18.9. The van der Waals surface area contributed by atoms with Gasteiger partial charge in [0.15, 0.2) is 14.6 Å². The average Bonchev–Trinajstić information content (AvgIpc) is 3.17. The molecule has 1 heterocycles. The molecule has 2 aromatic carbocycles. The van der Waals surface area contributed by atoms with Gasteiger partial charge in [-0.3, -0.25) is 4.79 Å². The molecule has 33 heavy (non-hydrogen) atoms. The minimum atomic E-state index is -3.44. The first-order valence-corrected chi connectivity index (χ1v) is 13.1. The zero-order chi connectivity index (χ0) is 23.8. The van der Waals surface area contributed by atoms with Crippen LogP contribution in [0.1, 0.15) is 19.8 Å². The molecular formula is C23H28N2O6S2. The lowest BCUT2D eigenvalue weighted by Crippen LogP contribution is -2.20. The average molecular weight is 493 g/mol. The van der Waals surface area contributed by atoms with Crippen LogP contribution in [0.4, 0.5) is 0 Å². The smallest absolute Gasteiger partial charge is 0.248 e. The highest BCUT2D eigenvalue weighted by Crippen LogP contribution is 2.35. The third-order valence-electron chi connectivity index (χ3n) is 4.98. The number of methoxy groups -OCH3 is 2. The Balaban J connectivity index is 1.87. The van der Waals surface area contributed by atoms with Crippen LogP contribution in [-0.4, -0.2) is 52.1 Å². The molecular weight excluding hydrogens is 464 g/mol. The highest BCUT2D eigenvalue weighted by molar-refractivity contribution is 7.91. The van der Waals surface area contributed by atoms with Crippen LogP contribution in [0.2, 0.25) is 0 Å². The summed E-state index contributed by atoms with van der Waals surface area (Å²) >= 11 is 1.32. The molecule has 3 aromatic rings. The van der Waals surface area contributed by atoms with Crippen molar-refractivity contribution in [2.24, 2.45) is 4.99 Å². The number of sulfone groups is 1. The topological polar surface area (TPSA) is 96.2 Å². The van der Waals surface area contributed by atoms with Gasteiger partial charge >= 0.3 is 0 Å². The highest BCUT2D eigenvalue weighted by atomic mass is 32.2. The number of hydrogen-bond acceptors (Lipinski definition) is 7. The minimum absolute atomic E-state index is 0.0278. The Morgan fingerprint density at radius 1 is 1.06 bits per heavy atom. The summed E-state index contributed by atoms with van der Waals surface area (Å²) in [6.07, 6.45) is 0.218. The first-order chi connectivity index (χ1) is 15.9. The predicted molar refractivity (Wildman–Crippen MR) is 128 cm³/mol. The van der Waals surface area contributed by atoms with Crippen LogP contribution in [0.3, 0.4) is 0 Å². The maximum atomic E-state index is 12.6. The summed E-state index contributed by atoms with van der Waals surface area (Å²) in [4.78, 5) is 17.7. The maximum Gasteiger partial charge on any atom is 0.248 e. The molecule has 8 nitrogen and oxygen atoms in total. The van der Waals surface area contributed by atoms with Gasteiger partial charge in [0, 0.05) is 19.6 Å². The lowest BCUT2D eigenvalue weighted by molar-refractivity contribution is -0.118. The third-order valence-corrected chi connectivity index (χ3v) is 7.89. The van der Waals surface area contributed by atoms with E-state index in [1.54, 1.807) is 44.6 Å². The number of carbonyl (C=O) groups excluding carboxylic acids is 1. The van der Waals surface area contributed by atoms with E-state index < -0.39 is 9.84 Å². The molecule has 0 saturated heterocycles. The molecule has 178 valence electrons. The van der Waals surface area contributed by atoms with E-state index >= 15 is 0 Å². The van der Waals surface area contributed by atoms with Crippen molar-refractivity contribution >= 4 is 37.3 Å². The predicted octanol–water partition coefficient (Wildman–Crippen LogP) is 3.44. The molecule has 3 rings (SSSR count). The lowest BCUT2D eigenvalue weighted by Gasteiger charge is -2.10. The third kappa shape index (κ3) is 6.01. The number of aromatic nitrogens is 1.